The van der Waals surface area contributed by atoms with Gasteiger partial charge in [-0.2, -0.15) is 0 Å². The van der Waals surface area contributed by atoms with E-state index < -0.39 is 0 Å². The number of hydrogen-bond acceptors (Lipinski definition) is 1. The van der Waals surface area contributed by atoms with Crippen LogP contribution in [0, 0.1) is 0 Å². The third-order valence-electron chi connectivity index (χ3n) is 2.34. The van der Waals surface area contributed by atoms with Gasteiger partial charge in [-0.3, -0.25) is 4.79 Å². The average molecular weight is 428 g/mol. The van der Waals surface area contributed by atoms with E-state index in [0.29, 0.717) is 5.56 Å². The molecule has 0 aliphatic heterocycles. The van der Waals surface area contributed by atoms with Crippen LogP contribution in [-0.4, -0.2) is 29.2 Å². The minimum absolute atomic E-state index is 0.0791. The largest absolute Gasteiger partial charge is 0.339 e. The first kappa shape index (κ1) is 15.2. The summed E-state index contributed by atoms with van der Waals surface area (Å²) in [5.74, 6) is 0.0791. The molecule has 1 aromatic rings. The number of carbonyl (C=O) groups excluding carboxylic acids is 1. The van der Waals surface area contributed by atoms with Crippen molar-refractivity contribution in [3.63, 3.8) is 0 Å². The number of hydrogen-bond donors (Lipinski definition) is 0. The van der Waals surface area contributed by atoms with Gasteiger partial charge in [-0.1, -0.05) is 47.8 Å². The smallest absolute Gasteiger partial charge is 0.253 e. The van der Waals surface area contributed by atoms with Crippen molar-refractivity contribution in [2.45, 2.75) is 13.3 Å². The molecule has 94 valence electrons. The fraction of sp³-hybridized carbons (Fsp3) is 0.417. The Kier molecular flexibility index (Phi) is 6.74. The zero-order valence-corrected chi connectivity index (χ0v) is 14.3. The Bertz CT molecular complexity index is 375. The van der Waals surface area contributed by atoms with Gasteiger partial charge in [0.15, 0.2) is 0 Å². The Morgan fingerprint density at radius 2 is 1.82 bits per heavy atom. The van der Waals surface area contributed by atoms with Gasteiger partial charge in [-0.25, -0.2) is 0 Å². The molecular formula is C12H14Br3NO. The highest BCUT2D eigenvalue weighted by Crippen LogP contribution is 2.21. The van der Waals surface area contributed by atoms with Crippen LogP contribution in [0.1, 0.15) is 23.7 Å². The van der Waals surface area contributed by atoms with Crippen LogP contribution in [0.3, 0.4) is 0 Å². The van der Waals surface area contributed by atoms with Crippen molar-refractivity contribution in [3.8, 4) is 0 Å². The number of rotatable bonds is 5. The minimum atomic E-state index is 0.0791. The average Bonchev–Trinajstić information content (AvgIpc) is 2.28. The van der Waals surface area contributed by atoms with Gasteiger partial charge in [-0.05, 0) is 31.5 Å². The van der Waals surface area contributed by atoms with Gasteiger partial charge in [-0.15, -0.1) is 0 Å². The van der Waals surface area contributed by atoms with Gasteiger partial charge < -0.3 is 4.90 Å². The first-order valence-corrected chi connectivity index (χ1v) is 8.10. The lowest BCUT2D eigenvalue weighted by atomic mass is 10.2. The summed E-state index contributed by atoms with van der Waals surface area (Å²) in [6.45, 7) is 3.51. The van der Waals surface area contributed by atoms with Crippen LogP contribution in [-0.2, 0) is 0 Å². The normalized spacial score (nSPS) is 10.4. The Hall–Kier alpha value is 0.130. The topological polar surface area (TPSA) is 20.3 Å². The maximum atomic E-state index is 12.3. The lowest BCUT2D eigenvalue weighted by Gasteiger charge is -2.20. The molecule has 0 heterocycles. The van der Waals surface area contributed by atoms with Crippen molar-refractivity contribution >= 4 is 53.7 Å². The van der Waals surface area contributed by atoms with Crippen molar-refractivity contribution in [1.82, 2.24) is 4.90 Å². The number of benzene rings is 1. The van der Waals surface area contributed by atoms with E-state index >= 15 is 0 Å². The summed E-state index contributed by atoms with van der Waals surface area (Å²) in [7, 11) is 0. The molecule has 0 N–H and O–H groups in total. The molecule has 5 heteroatoms. The van der Waals surface area contributed by atoms with Gasteiger partial charge >= 0.3 is 0 Å². The van der Waals surface area contributed by atoms with Gasteiger partial charge in [0.05, 0.1) is 0 Å². The summed E-state index contributed by atoms with van der Waals surface area (Å²) in [6, 6.07) is 5.62. The van der Waals surface area contributed by atoms with Crippen molar-refractivity contribution in [1.29, 1.82) is 0 Å². The molecule has 0 unspecified atom stereocenters. The lowest BCUT2D eigenvalue weighted by molar-refractivity contribution is 0.0765. The molecule has 0 aliphatic rings. The van der Waals surface area contributed by atoms with E-state index in [1.54, 1.807) is 0 Å². The number of nitrogens with zero attached hydrogens (tertiary/aromatic N) is 1. The van der Waals surface area contributed by atoms with Gasteiger partial charge in [0.2, 0.25) is 0 Å². The van der Waals surface area contributed by atoms with Crippen LogP contribution in [0.5, 0.6) is 0 Å². The molecular weight excluding hydrogens is 414 g/mol. The fourth-order valence-electron chi connectivity index (χ4n) is 1.51. The summed E-state index contributed by atoms with van der Waals surface area (Å²) in [6.07, 6.45) is 0.967. The molecule has 1 aromatic carbocycles. The molecule has 0 bridgehead atoms. The van der Waals surface area contributed by atoms with E-state index in [1.807, 2.05) is 30.0 Å². The summed E-state index contributed by atoms with van der Waals surface area (Å²) in [4.78, 5) is 14.1. The highest BCUT2D eigenvalue weighted by Gasteiger charge is 2.14. The predicted octanol–water partition coefficient (Wildman–Crippen LogP) is 4.46. The zero-order chi connectivity index (χ0) is 12.8. The van der Waals surface area contributed by atoms with Crippen molar-refractivity contribution < 1.29 is 4.79 Å². The summed E-state index contributed by atoms with van der Waals surface area (Å²) in [5, 5.41) is 0.916. The SMILES string of the molecule is CCN(CCCBr)C(=O)c1cc(Br)cc(Br)c1. The lowest BCUT2D eigenvalue weighted by Crippen LogP contribution is -2.32. The molecule has 0 saturated heterocycles. The predicted molar refractivity (Wildman–Crippen MR) is 81.8 cm³/mol. The monoisotopic (exact) mass is 425 g/mol. The quantitative estimate of drug-likeness (QED) is 0.635. The van der Waals surface area contributed by atoms with Gasteiger partial charge in [0.25, 0.3) is 5.91 Å². The van der Waals surface area contributed by atoms with E-state index in [-0.39, 0.29) is 5.91 Å². The van der Waals surface area contributed by atoms with Crippen LogP contribution in [0.2, 0.25) is 0 Å². The molecule has 17 heavy (non-hydrogen) atoms. The molecule has 0 fully saturated rings. The fourth-order valence-corrected chi connectivity index (χ4v) is 3.06. The van der Waals surface area contributed by atoms with E-state index in [4.69, 9.17) is 0 Å². The van der Waals surface area contributed by atoms with E-state index in [1.165, 1.54) is 0 Å². The molecule has 0 aromatic heterocycles. The Morgan fingerprint density at radius 3 is 2.29 bits per heavy atom. The second-order valence-corrected chi connectivity index (χ2v) is 6.21. The second-order valence-electron chi connectivity index (χ2n) is 3.59. The molecule has 0 radical (unpaired) electrons. The van der Waals surface area contributed by atoms with Crippen LogP contribution in [0.4, 0.5) is 0 Å². The van der Waals surface area contributed by atoms with Crippen molar-refractivity contribution in [2.75, 3.05) is 18.4 Å². The second kappa shape index (κ2) is 7.54. The Labute approximate surface area is 127 Å². The van der Waals surface area contributed by atoms with Crippen LogP contribution >= 0.6 is 47.8 Å². The number of carbonyl (C=O) groups is 1. The third-order valence-corrected chi connectivity index (χ3v) is 3.82. The molecule has 0 spiro atoms. The number of amides is 1. The highest BCUT2D eigenvalue weighted by molar-refractivity contribution is 9.11. The van der Waals surface area contributed by atoms with E-state index in [0.717, 1.165) is 33.8 Å². The standard InChI is InChI=1S/C12H14Br3NO/c1-2-16(5-3-4-13)12(17)9-6-10(14)8-11(15)7-9/h6-8H,2-5H2,1H3. The van der Waals surface area contributed by atoms with Crippen LogP contribution in [0.25, 0.3) is 0 Å². The number of alkyl halides is 1. The first-order valence-electron chi connectivity index (χ1n) is 5.39. The zero-order valence-electron chi connectivity index (χ0n) is 9.55. The number of halogens is 3. The maximum Gasteiger partial charge on any atom is 0.253 e. The van der Waals surface area contributed by atoms with E-state index in [2.05, 4.69) is 47.8 Å². The summed E-state index contributed by atoms with van der Waals surface area (Å²) < 4.78 is 1.82. The third kappa shape index (κ3) is 4.72. The molecule has 0 aliphatic carbocycles. The molecule has 0 atom stereocenters. The van der Waals surface area contributed by atoms with Crippen LogP contribution in [0.15, 0.2) is 27.1 Å². The molecule has 2 nitrogen and oxygen atoms in total. The van der Waals surface area contributed by atoms with E-state index in [9.17, 15) is 4.79 Å². The minimum Gasteiger partial charge on any atom is -0.339 e. The van der Waals surface area contributed by atoms with Crippen molar-refractivity contribution in [3.05, 3.63) is 32.7 Å². The Balaban J connectivity index is 2.85. The van der Waals surface area contributed by atoms with Crippen molar-refractivity contribution in [2.24, 2.45) is 0 Å². The maximum absolute atomic E-state index is 12.3. The Morgan fingerprint density at radius 1 is 1.24 bits per heavy atom. The molecule has 1 amide bonds. The van der Waals surface area contributed by atoms with Gasteiger partial charge in [0.1, 0.15) is 0 Å². The highest BCUT2D eigenvalue weighted by atomic mass is 79.9. The first-order chi connectivity index (χ1) is 8.08. The van der Waals surface area contributed by atoms with Gasteiger partial charge in [0, 0.05) is 32.9 Å². The summed E-state index contributed by atoms with van der Waals surface area (Å²) in [5.41, 5.74) is 0.711. The summed E-state index contributed by atoms with van der Waals surface area (Å²) >= 11 is 10.2. The molecule has 0 saturated carbocycles. The van der Waals surface area contributed by atoms with Crippen LogP contribution < -0.4 is 0 Å². The molecule has 1 rings (SSSR count).